The van der Waals surface area contributed by atoms with Crippen molar-refractivity contribution in [3.8, 4) is 0 Å². The highest BCUT2D eigenvalue weighted by molar-refractivity contribution is 6.05. The number of hydrogen-bond acceptors (Lipinski definition) is 5. The summed E-state index contributed by atoms with van der Waals surface area (Å²) in [5.41, 5.74) is 1.54. The zero-order valence-corrected chi connectivity index (χ0v) is 12.6. The van der Waals surface area contributed by atoms with Gasteiger partial charge in [0, 0.05) is 49.9 Å². The number of nitrogens with zero attached hydrogens (tertiary/aromatic N) is 5. The van der Waals surface area contributed by atoms with Crippen LogP contribution in [-0.4, -0.2) is 42.8 Å². The third-order valence-corrected chi connectivity index (χ3v) is 3.48. The molecule has 1 aromatic carbocycles. The van der Waals surface area contributed by atoms with Gasteiger partial charge in [0.05, 0.1) is 16.6 Å². The van der Waals surface area contributed by atoms with Crippen LogP contribution in [0.3, 0.4) is 0 Å². The Balaban J connectivity index is 1.90. The molecule has 0 radical (unpaired) electrons. The van der Waals surface area contributed by atoms with E-state index >= 15 is 0 Å². The van der Waals surface area contributed by atoms with Crippen LogP contribution in [0.25, 0.3) is 10.9 Å². The molecule has 0 spiro atoms. The Morgan fingerprint density at radius 3 is 2.91 bits per heavy atom. The molecule has 0 bridgehead atoms. The quantitative estimate of drug-likeness (QED) is 0.579. The Kier molecular flexibility index (Phi) is 3.53. The lowest BCUT2D eigenvalue weighted by atomic mass is 10.1. The monoisotopic (exact) mass is 314 g/mol. The van der Waals surface area contributed by atoms with Crippen molar-refractivity contribution in [2.24, 2.45) is 7.05 Å². The maximum absolute atomic E-state index is 12.6. The molecule has 0 saturated carbocycles. The number of carbonyl (C=O) groups is 1. The largest absolute Gasteiger partial charge is 0.336 e. The highest BCUT2D eigenvalue weighted by Gasteiger charge is 2.20. The minimum Gasteiger partial charge on any atom is -0.336 e. The lowest BCUT2D eigenvalue weighted by Crippen LogP contribution is -2.26. The standard InChI is InChI=1S/C14H14N6O3/c1-18(7-9-6-15-19(2)8-9)14(21)13-11-5-10(20(22)23)3-4-12(11)16-17-13/h3-6,8H,7H2,1-2H3,(H,16,17). The number of nitro benzene ring substituents is 1. The number of rotatable bonds is 4. The number of amides is 1. The summed E-state index contributed by atoms with van der Waals surface area (Å²) in [6, 6.07) is 4.26. The summed E-state index contributed by atoms with van der Waals surface area (Å²) in [6.07, 6.45) is 3.49. The van der Waals surface area contributed by atoms with Crippen molar-refractivity contribution in [1.29, 1.82) is 0 Å². The van der Waals surface area contributed by atoms with E-state index in [1.807, 2.05) is 6.20 Å². The summed E-state index contributed by atoms with van der Waals surface area (Å²) in [7, 11) is 3.44. The molecule has 9 heteroatoms. The summed E-state index contributed by atoms with van der Waals surface area (Å²) in [4.78, 5) is 24.4. The first-order valence-corrected chi connectivity index (χ1v) is 6.81. The summed E-state index contributed by atoms with van der Waals surface area (Å²) < 4.78 is 1.65. The molecule has 9 nitrogen and oxygen atoms in total. The van der Waals surface area contributed by atoms with Crippen molar-refractivity contribution in [1.82, 2.24) is 24.9 Å². The predicted octanol–water partition coefficient (Wildman–Crippen LogP) is 1.48. The number of nitro groups is 1. The first-order chi connectivity index (χ1) is 11.0. The Labute approximate surface area is 130 Å². The minimum absolute atomic E-state index is 0.0807. The number of carbonyl (C=O) groups excluding carboxylic acids is 1. The second-order valence-electron chi connectivity index (χ2n) is 5.24. The van der Waals surface area contributed by atoms with Crippen LogP contribution in [0.4, 0.5) is 5.69 Å². The first-order valence-electron chi connectivity index (χ1n) is 6.81. The number of hydrogen-bond donors (Lipinski definition) is 1. The molecule has 1 amide bonds. The van der Waals surface area contributed by atoms with Crippen LogP contribution in [0.2, 0.25) is 0 Å². The fourth-order valence-electron chi connectivity index (χ4n) is 2.36. The number of nitrogens with one attached hydrogen (secondary N) is 1. The Morgan fingerprint density at radius 2 is 2.26 bits per heavy atom. The Morgan fingerprint density at radius 1 is 1.48 bits per heavy atom. The summed E-state index contributed by atoms with van der Waals surface area (Å²) in [5, 5.41) is 22.1. The number of H-pyrrole nitrogens is 1. The SMILES string of the molecule is CN(Cc1cnn(C)c1)C(=O)c1n[nH]c2ccc([N+](=O)[O-])cc12. The Hall–Kier alpha value is -3.23. The average molecular weight is 314 g/mol. The molecule has 2 heterocycles. The van der Waals surface area contributed by atoms with Crippen LogP contribution in [-0.2, 0) is 13.6 Å². The van der Waals surface area contributed by atoms with Crippen molar-refractivity contribution in [2.45, 2.75) is 6.54 Å². The van der Waals surface area contributed by atoms with Gasteiger partial charge >= 0.3 is 0 Å². The molecule has 2 aromatic heterocycles. The van der Waals surface area contributed by atoms with Crippen LogP contribution < -0.4 is 0 Å². The molecule has 118 valence electrons. The third kappa shape index (κ3) is 2.76. The summed E-state index contributed by atoms with van der Waals surface area (Å²) in [6.45, 7) is 0.371. The lowest BCUT2D eigenvalue weighted by Gasteiger charge is -2.14. The fraction of sp³-hybridized carbons (Fsp3) is 0.214. The van der Waals surface area contributed by atoms with Crippen LogP contribution in [0, 0.1) is 10.1 Å². The van der Waals surface area contributed by atoms with E-state index < -0.39 is 4.92 Å². The number of benzene rings is 1. The Bertz CT molecular complexity index is 897. The van der Waals surface area contributed by atoms with Gasteiger partial charge in [0.1, 0.15) is 0 Å². The molecule has 0 aliphatic carbocycles. The molecule has 0 fully saturated rings. The third-order valence-electron chi connectivity index (χ3n) is 3.48. The van der Waals surface area contributed by atoms with Gasteiger partial charge in [-0.3, -0.25) is 24.7 Å². The maximum atomic E-state index is 12.6. The van der Waals surface area contributed by atoms with Gasteiger partial charge in [-0.2, -0.15) is 10.2 Å². The molecule has 3 aromatic rings. The maximum Gasteiger partial charge on any atom is 0.275 e. The first kappa shape index (κ1) is 14.7. The number of aryl methyl sites for hydroxylation is 1. The van der Waals surface area contributed by atoms with Crippen molar-refractivity contribution in [3.05, 3.63) is 52.0 Å². The molecule has 0 aliphatic heterocycles. The van der Waals surface area contributed by atoms with E-state index in [1.165, 1.54) is 17.0 Å². The summed E-state index contributed by atoms with van der Waals surface area (Å²) in [5.74, 6) is -0.319. The van der Waals surface area contributed by atoms with E-state index in [4.69, 9.17) is 0 Å². The predicted molar refractivity (Wildman–Crippen MR) is 81.8 cm³/mol. The highest BCUT2D eigenvalue weighted by Crippen LogP contribution is 2.23. The van der Waals surface area contributed by atoms with E-state index in [1.54, 1.807) is 31.0 Å². The van der Waals surface area contributed by atoms with Gasteiger partial charge in [-0.1, -0.05) is 0 Å². The van der Waals surface area contributed by atoms with Gasteiger partial charge < -0.3 is 4.90 Å². The molecule has 23 heavy (non-hydrogen) atoms. The number of aromatic amines is 1. The molecule has 0 aliphatic rings. The van der Waals surface area contributed by atoms with Crippen LogP contribution >= 0.6 is 0 Å². The lowest BCUT2D eigenvalue weighted by molar-refractivity contribution is -0.384. The van der Waals surface area contributed by atoms with Crippen molar-refractivity contribution < 1.29 is 9.72 Å². The van der Waals surface area contributed by atoms with Crippen LogP contribution in [0.5, 0.6) is 0 Å². The zero-order valence-electron chi connectivity index (χ0n) is 12.6. The fourth-order valence-corrected chi connectivity index (χ4v) is 2.36. The molecule has 0 unspecified atom stereocenters. The number of fused-ring (bicyclic) bond motifs is 1. The highest BCUT2D eigenvalue weighted by atomic mass is 16.6. The normalized spacial score (nSPS) is 10.9. The van der Waals surface area contributed by atoms with Gasteiger partial charge in [0.25, 0.3) is 11.6 Å². The van der Waals surface area contributed by atoms with E-state index in [0.29, 0.717) is 17.4 Å². The van der Waals surface area contributed by atoms with Gasteiger partial charge in [0.2, 0.25) is 0 Å². The van der Waals surface area contributed by atoms with Crippen molar-refractivity contribution in [2.75, 3.05) is 7.05 Å². The van der Waals surface area contributed by atoms with E-state index in [9.17, 15) is 14.9 Å². The van der Waals surface area contributed by atoms with Gasteiger partial charge in [0.15, 0.2) is 5.69 Å². The topological polar surface area (TPSA) is 110 Å². The van der Waals surface area contributed by atoms with Crippen molar-refractivity contribution in [3.63, 3.8) is 0 Å². The van der Waals surface area contributed by atoms with Gasteiger partial charge in [-0.15, -0.1) is 0 Å². The number of aromatic nitrogens is 4. The van der Waals surface area contributed by atoms with Gasteiger partial charge in [-0.25, -0.2) is 0 Å². The molecule has 3 rings (SSSR count). The van der Waals surface area contributed by atoms with Crippen LogP contribution in [0.1, 0.15) is 16.1 Å². The molecular formula is C14H14N6O3. The van der Waals surface area contributed by atoms with Crippen LogP contribution in [0.15, 0.2) is 30.6 Å². The average Bonchev–Trinajstić information content (AvgIpc) is 3.11. The molecule has 0 saturated heterocycles. The zero-order chi connectivity index (χ0) is 16.6. The van der Waals surface area contributed by atoms with Crippen molar-refractivity contribution >= 4 is 22.5 Å². The second kappa shape index (κ2) is 5.52. The van der Waals surface area contributed by atoms with E-state index in [0.717, 1.165) is 5.56 Å². The van der Waals surface area contributed by atoms with Gasteiger partial charge in [-0.05, 0) is 6.07 Å². The molecule has 1 N–H and O–H groups in total. The van der Waals surface area contributed by atoms with E-state index in [-0.39, 0.29) is 17.3 Å². The minimum atomic E-state index is -0.500. The molecular weight excluding hydrogens is 300 g/mol. The number of non-ortho nitro benzene ring substituents is 1. The second-order valence-corrected chi connectivity index (χ2v) is 5.24. The summed E-state index contributed by atoms with van der Waals surface area (Å²) >= 11 is 0. The molecule has 0 atom stereocenters. The van der Waals surface area contributed by atoms with E-state index in [2.05, 4.69) is 15.3 Å². The smallest absolute Gasteiger partial charge is 0.275 e.